The summed E-state index contributed by atoms with van der Waals surface area (Å²) in [5, 5.41) is 15.4. The molecule has 5 aromatic rings. The van der Waals surface area contributed by atoms with Crippen molar-refractivity contribution >= 4 is 50.3 Å². The molecule has 2 heterocycles. The number of nitrogens with zero attached hydrogens (tertiary/aromatic N) is 4. The van der Waals surface area contributed by atoms with Crippen molar-refractivity contribution in [3.63, 3.8) is 0 Å². The highest BCUT2D eigenvalue weighted by molar-refractivity contribution is 7.99. The van der Waals surface area contributed by atoms with E-state index in [1.807, 2.05) is 59.2 Å². The second-order valence-corrected chi connectivity index (χ2v) is 10.2. The molecule has 0 radical (unpaired) electrons. The first kappa shape index (κ1) is 26.2. The predicted octanol–water partition coefficient (Wildman–Crippen LogP) is 4.56. The molecule has 2 amide bonds. The summed E-state index contributed by atoms with van der Waals surface area (Å²) in [6.45, 7) is 0.110. The fourth-order valence-corrected chi connectivity index (χ4v) is 5.41. The third kappa shape index (κ3) is 6.19. The number of thiazole rings is 1. The molecule has 0 bridgehead atoms. The maximum atomic E-state index is 12.9. The lowest BCUT2D eigenvalue weighted by molar-refractivity contribution is -0.113. The van der Waals surface area contributed by atoms with E-state index < -0.39 is 0 Å². The third-order valence-electron chi connectivity index (χ3n) is 5.61. The minimum absolute atomic E-state index is 0.108. The SMILES string of the molecule is COc1cc(OC)cc(C(=O)NCc2nnc(SCC(=O)Nc3nc4ccccc4s3)n2-c2ccccc2)c1. The highest BCUT2D eigenvalue weighted by atomic mass is 32.2. The first-order valence-corrected chi connectivity index (χ1v) is 13.6. The summed E-state index contributed by atoms with van der Waals surface area (Å²) >= 11 is 2.67. The van der Waals surface area contributed by atoms with Gasteiger partial charge in [-0.3, -0.25) is 14.2 Å². The summed E-state index contributed by atoms with van der Waals surface area (Å²) in [5.74, 6) is 1.11. The van der Waals surface area contributed by atoms with Gasteiger partial charge in [-0.2, -0.15) is 0 Å². The van der Waals surface area contributed by atoms with Crippen molar-refractivity contribution in [2.24, 2.45) is 0 Å². The third-order valence-corrected chi connectivity index (χ3v) is 7.49. The quantitative estimate of drug-likeness (QED) is 0.239. The molecule has 2 N–H and O–H groups in total. The van der Waals surface area contributed by atoms with Crippen LogP contribution in [0.1, 0.15) is 16.2 Å². The van der Waals surface area contributed by atoms with Crippen LogP contribution >= 0.6 is 23.1 Å². The van der Waals surface area contributed by atoms with Gasteiger partial charge in [0.2, 0.25) is 5.91 Å². The zero-order chi connectivity index (χ0) is 27.2. The van der Waals surface area contributed by atoms with E-state index in [1.165, 1.54) is 37.3 Å². The van der Waals surface area contributed by atoms with Gasteiger partial charge < -0.3 is 20.1 Å². The number of ether oxygens (including phenoxy) is 2. The molecular formula is C27H24N6O4S2. The fraction of sp³-hybridized carbons (Fsp3) is 0.148. The van der Waals surface area contributed by atoms with Crippen molar-refractivity contribution in [2.45, 2.75) is 11.7 Å². The Labute approximate surface area is 232 Å². The Bertz CT molecular complexity index is 1560. The van der Waals surface area contributed by atoms with Crippen LogP contribution < -0.4 is 20.1 Å². The number of aromatic nitrogens is 4. The van der Waals surface area contributed by atoms with Crippen LogP contribution in [-0.2, 0) is 11.3 Å². The molecule has 10 nitrogen and oxygen atoms in total. The minimum Gasteiger partial charge on any atom is -0.497 e. The molecular weight excluding hydrogens is 536 g/mol. The molecule has 12 heteroatoms. The van der Waals surface area contributed by atoms with Crippen molar-refractivity contribution in [2.75, 3.05) is 25.3 Å². The summed E-state index contributed by atoms with van der Waals surface area (Å²) in [6.07, 6.45) is 0. The number of carbonyl (C=O) groups excluding carboxylic acids is 2. The van der Waals surface area contributed by atoms with Crippen LogP contribution in [0, 0.1) is 0 Å². The average Bonchev–Trinajstić information content (AvgIpc) is 3.58. The number of fused-ring (bicyclic) bond motifs is 1. The summed E-state index contributed by atoms with van der Waals surface area (Å²) < 4.78 is 13.4. The van der Waals surface area contributed by atoms with Gasteiger partial charge in [0.1, 0.15) is 11.5 Å². The van der Waals surface area contributed by atoms with Crippen molar-refractivity contribution in [3.8, 4) is 17.2 Å². The molecule has 0 aliphatic rings. The van der Waals surface area contributed by atoms with Crippen LogP contribution in [0.25, 0.3) is 15.9 Å². The second kappa shape index (κ2) is 12.0. The fourth-order valence-electron chi connectivity index (χ4n) is 3.76. The Morgan fingerprint density at radius 1 is 0.949 bits per heavy atom. The van der Waals surface area contributed by atoms with Crippen LogP contribution in [0.5, 0.6) is 11.5 Å². The molecule has 39 heavy (non-hydrogen) atoms. The zero-order valence-electron chi connectivity index (χ0n) is 21.1. The molecule has 2 aromatic heterocycles. The van der Waals surface area contributed by atoms with Gasteiger partial charge in [0.15, 0.2) is 16.1 Å². The molecule has 0 spiro atoms. The largest absolute Gasteiger partial charge is 0.497 e. The van der Waals surface area contributed by atoms with Gasteiger partial charge in [0, 0.05) is 17.3 Å². The first-order chi connectivity index (χ1) is 19.0. The summed E-state index contributed by atoms with van der Waals surface area (Å²) in [7, 11) is 3.05. The first-order valence-electron chi connectivity index (χ1n) is 11.8. The highest BCUT2D eigenvalue weighted by Crippen LogP contribution is 2.27. The molecule has 0 fully saturated rings. The van der Waals surface area contributed by atoms with Crippen molar-refractivity contribution in [1.29, 1.82) is 0 Å². The molecule has 0 aliphatic carbocycles. The van der Waals surface area contributed by atoms with E-state index in [2.05, 4.69) is 25.8 Å². The Morgan fingerprint density at radius 2 is 1.67 bits per heavy atom. The summed E-state index contributed by atoms with van der Waals surface area (Å²) in [4.78, 5) is 30.1. The van der Waals surface area contributed by atoms with Crippen molar-refractivity contribution in [1.82, 2.24) is 25.1 Å². The maximum absolute atomic E-state index is 12.9. The number of hydrogen-bond acceptors (Lipinski definition) is 9. The Morgan fingerprint density at radius 3 is 2.38 bits per heavy atom. The van der Waals surface area contributed by atoms with Crippen LogP contribution in [0.15, 0.2) is 78.0 Å². The van der Waals surface area contributed by atoms with E-state index in [-0.39, 0.29) is 24.1 Å². The van der Waals surface area contributed by atoms with Gasteiger partial charge in [-0.15, -0.1) is 10.2 Å². The Kier molecular flexibility index (Phi) is 8.04. The van der Waals surface area contributed by atoms with Crippen molar-refractivity contribution in [3.05, 3.63) is 84.2 Å². The maximum Gasteiger partial charge on any atom is 0.251 e. The Balaban J connectivity index is 1.30. The predicted molar refractivity (Wildman–Crippen MR) is 151 cm³/mol. The number of rotatable bonds is 10. The molecule has 0 saturated carbocycles. The summed E-state index contributed by atoms with van der Waals surface area (Å²) in [5.41, 5.74) is 2.04. The van der Waals surface area contributed by atoms with Gasteiger partial charge in [0.05, 0.1) is 36.7 Å². The standard InChI is InChI=1S/C27H24N6O4S2/c1-36-19-12-17(13-20(14-19)37-2)25(35)28-15-23-31-32-27(33(23)18-8-4-3-5-9-18)38-16-24(34)30-26-29-21-10-6-7-11-22(21)39-26/h3-14H,15-16H2,1-2H3,(H,28,35)(H,29,30,34). The smallest absolute Gasteiger partial charge is 0.251 e. The zero-order valence-corrected chi connectivity index (χ0v) is 22.7. The van der Waals surface area contributed by atoms with Crippen LogP contribution in [0.4, 0.5) is 5.13 Å². The number of amides is 2. The molecule has 0 saturated heterocycles. The number of thioether (sulfide) groups is 1. The van der Waals surface area contributed by atoms with E-state index in [4.69, 9.17) is 9.47 Å². The number of para-hydroxylation sites is 2. The molecule has 0 atom stereocenters. The topological polar surface area (TPSA) is 120 Å². The molecule has 5 rings (SSSR count). The van der Waals surface area contributed by atoms with Gasteiger partial charge in [0.25, 0.3) is 5.91 Å². The monoisotopic (exact) mass is 560 g/mol. The van der Waals surface area contributed by atoms with Gasteiger partial charge in [-0.25, -0.2) is 4.98 Å². The van der Waals surface area contributed by atoms with E-state index in [1.54, 1.807) is 18.2 Å². The number of carbonyl (C=O) groups is 2. The van der Waals surface area contributed by atoms with E-state index in [0.717, 1.165) is 15.9 Å². The number of anilines is 1. The number of methoxy groups -OCH3 is 2. The van der Waals surface area contributed by atoms with E-state index in [9.17, 15) is 9.59 Å². The molecule has 0 unspecified atom stereocenters. The highest BCUT2D eigenvalue weighted by Gasteiger charge is 2.18. The van der Waals surface area contributed by atoms with E-state index >= 15 is 0 Å². The number of nitrogens with one attached hydrogen (secondary N) is 2. The second-order valence-electron chi connectivity index (χ2n) is 8.18. The molecule has 0 aliphatic heterocycles. The van der Waals surface area contributed by atoms with Crippen molar-refractivity contribution < 1.29 is 19.1 Å². The average molecular weight is 561 g/mol. The Hall–Kier alpha value is -4.42. The molecule has 198 valence electrons. The van der Waals surface area contributed by atoms with E-state index in [0.29, 0.717) is 33.2 Å². The molecule has 3 aromatic carbocycles. The van der Waals surface area contributed by atoms with Crippen LogP contribution in [0.3, 0.4) is 0 Å². The lowest BCUT2D eigenvalue weighted by atomic mass is 10.2. The van der Waals surface area contributed by atoms with Crippen LogP contribution in [0.2, 0.25) is 0 Å². The number of hydrogen-bond donors (Lipinski definition) is 2. The summed E-state index contributed by atoms with van der Waals surface area (Å²) in [6, 6.07) is 22.2. The van der Waals surface area contributed by atoms with Gasteiger partial charge in [-0.05, 0) is 36.4 Å². The lowest BCUT2D eigenvalue weighted by Crippen LogP contribution is -2.24. The van der Waals surface area contributed by atoms with Gasteiger partial charge in [-0.1, -0.05) is 53.4 Å². The minimum atomic E-state index is -0.320. The normalized spacial score (nSPS) is 10.8. The van der Waals surface area contributed by atoms with Gasteiger partial charge >= 0.3 is 0 Å². The number of benzene rings is 3. The lowest BCUT2D eigenvalue weighted by Gasteiger charge is -2.12. The van der Waals surface area contributed by atoms with Crippen LogP contribution in [-0.4, -0.2) is 51.5 Å².